The van der Waals surface area contributed by atoms with Gasteiger partial charge in [-0.15, -0.1) is 0 Å². The number of hydrogen-bond donors (Lipinski definition) is 3. The van der Waals surface area contributed by atoms with Gasteiger partial charge in [0.2, 0.25) is 0 Å². The molecule has 2 aromatic carbocycles. The number of hydrogen-bond acceptors (Lipinski definition) is 5. The van der Waals surface area contributed by atoms with Crippen LogP contribution in [0.4, 0.5) is 0 Å². The lowest BCUT2D eigenvalue weighted by atomic mass is 10.1. The molecular formula is C22H28N4O. The number of pyridine rings is 1. The van der Waals surface area contributed by atoms with E-state index in [1.807, 2.05) is 60.7 Å². The Hall–Kier alpha value is -2.57. The van der Waals surface area contributed by atoms with Crippen molar-refractivity contribution in [3.05, 3.63) is 90.1 Å². The summed E-state index contributed by atoms with van der Waals surface area (Å²) in [6, 6.07) is 24.2. The molecule has 0 saturated heterocycles. The first-order valence-corrected chi connectivity index (χ1v) is 8.98. The molecule has 0 spiro atoms. The molecule has 5 N–H and O–H groups in total. The summed E-state index contributed by atoms with van der Waals surface area (Å²) in [5.41, 5.74) is 9.78. The monoisotopic (exact) mass is 364 g/mol. The van der Waals surface area contributed by atoms with E-state index in [1.165, 1.54) is 5.56 Å². The average molecular weight is 364 g/mol. The lowest BCUT2D eigenvalue weighted by Gasteiger charge is -2.19. The van der Waals surface area contributed by atoms with E-state index in [-0.39, 0.29) is 6.54 Å². The minimum atomic E-state index is -0.590. The summed E-state index contributed by atoms with van der Waals surface area (Å²) in [6.45, 7) is 3.23. The first-order valence-electron chi connectivity index (χ1n) is 8.98. The molecule has 27 heavy (non-hydrogen) atoms. The molecular weight excluding hydrogens is 336 g/mol. The van der Waals surface area contributed by atoms with Crippen molar-refractivity contribution >= 4 is 0 Å². The number of aliphatic hydroxyl groups is 1. The molecule has 0 radical (unpaired) electrons. The van der Waals surface area contributed by atoms with Gasteiger partial charge in [-0.2, -0.15) is 0 Å². The second-order valence-corrected chi connectivity index (χ2v) is 6.39. The van der Waals surface area contributed by atoms with E-state index in [9.17, 15) is 5.11 Å². The van der Waals surface area contributed by atoms with E-state index in [4.69, 9.17) is 11.6 Å². The third-order valence-corrected chi connectivity index (χ3v) is 3.96. The van der Waals surface area contributed by atoms with Gasteiger partial charge in [-0.3, -0.25) is 10.8 Å². The van der Waals surface area contributed by atoms with Crippen LogP contribution in [0.3, 0.4) is 0 Å². The summed E-state index contributed by atoms with van der Waals surface area (Å²) in [7, 11) is 0. The van der Waals surface area contributed by atoms with Crippen molar-refractivity contribution in [1.29, 1.82) is 0 Å². The van der Waals surface area contributed by atoms with E-state index < -0.39 is 6.10 Å². The number of nitrogens with zero attached hydrogens (tertiary/aromatic N) is 2. The molecule has 1 heterocycles. The molecule has 0 bridgehead atoms. The fraction of sp³-hybridized carbons (Fsp3) is 0.227. The highest BCUT2D eigenvalue weighted by Crippen LogP contribution is 2.17. The maximum Gasteiger partial charge on any atom is 0.0803 e. The molecule has 0 unspecified atom stereocenters. The normalized spacial score (nSPS) is 11.6. The molecule has 3 rings (SSSR count). The lowest BCUT2D eigenvalue weighted by Crippen LogP contribution is -2.40. The maximum absolute atomic E-state index is 9.44. The average Bonchev–Trinajstić information content (AvgIpc) is 2.70. The zero-order chi connectivity index (χ0) is 19.5. The molecule has 0 aliphatic carbocycles. The van der Waals surface area contributed by atoms with E-state index in [0.717, 1.165) is 16.8 Å². The second kappa shape index (κ2) is 11.2. The van der Waals surface area contributed by atoms with Crippen LogP contribution in [0.2, 0.25) is 0 Å². The quantitative estimate of drug-likeness (QED) is 0.462. The van der Waals surface area contributed by atoms with Crippen LogP contribution in [-0.4, -0.2) is 34.3 Å². The number of benzene rings is 2. The largest absolute Gasteiger partial charge is 0.390 e. The summed E-state index contributed by atoms with van der Waals surface area (Å²) < 4.78 is 0. The Labute approximate surface area is 161 Å². The Morgan fingerprint density at radius 2 is 1.63 bits per heavy atom. The van der Waals surface area contributed by atoms with Crippen LogP contribution in [0.25, 0.3) is 11.3 Å². The zero-order valence-corrected chi connectivity index (χ0v) is 15.7. The Morgan fingerprint density at radius 1 is 0.963 bits per heavy atom. The molecule has 5 nitrogen and oxygen atoms in total. The number of aromatic nitrogens is 1. The Bertz CT molecular complexity index is 763. The Morgan fingerprint density at radius 3 is 2.15 bits per heavy atom. The molecule has 1 aromatic heterocycles. The molecule has 0 aliphatic heterocycles. The van der Waals surface area contributed by atoms with Crippen molar-refractivity contribution in [1.82, 2.24) is 9.99 Å². The number of aryl methyl sites for hydroxylation is 1. The third kappa shape index (κ3) is 7.68. The molecule has 0 fully saturated rings. The van der Waals surface area contributed by atoms with Gasteiger partial charge in [0.15, 0.2) is 0 Å². The van der Waals surface area contributed by atoms with Crippen molar-refractivity contribution < 1.29 is 5.11 Å². The van der Waals surface area contributed by atoms with Crippen molar-refractivity contribution in [2.45, 2.75) is 19.6 Å². The second-order valence-electron chi connectivity index (χ2n) is 6.39. The van der Waals surface area contributed by atoms with Gasteiger partial charge < -0.3 is 10.8 Å². The number of rotatable bonds is 6. The number of nitrogens with two attached hydrogens (primary N) is 2. The van der Waals surface area contributed by atoms with E-state index in [2.05, 4.69) is 24.0 Å². The summed E-state index contributed by atoms with van der Waals surface area (Å²) in [5, 5.41) is 11.0. The molecule has 0 aliphatic rings. The lowest BCUT2D eigenvalue weighted by molar-refractivity contribution is 0.115. The van der Waals surface area contributed by atoms with Crippen LogP contribution in [0, 0.1) is 6.92 Å². The van der Waals surface area contributed by atoms with Crippen LogP contribution < -0.4 is 11.6 Å². The van der Waals surface area contributed by atoms with Crippen LogP contribution in [0.15, 0.2) is 79.0 Å². The smallest absolute Gasteiger partial charge is 0.0803 e. The fourth-order valence-electron chi connectivity index (χ4n) is 2.49. The van der Waals surface area contributed by atoms with Crippen LogP contribution >= 0.6 is 0 Å². The van der Waals surface area contributed by atoms with Crippen molar-refractivity contribution in [2.75, 3.05) is 13.1 Å². The highest BCUT2D eigenvalue weighted by molar-refractivity contribution is 5.58. The minimum Gasteiger partial charge on any atom is -0.390 e. The SMILES string of the molecule is Cc1ccccc1.NC[C@@H](O)CN(N)Cc1ccc(-c2ccccn2)cc1. The standard InChI is InChI=1S/C15H20N4O.C7H8/c16-9-14(20)11-19(17)10-12-4-6-13(7-5-12)15-3-1-2-8-18-15;1-7-5-3-2-4-6-7/h1-8,14,20H,9-11,16-17H2;2-6H,1H3/t14-;/m1./s1. The topological polar surface area (TPSA) is 88.4 Å². The van der Waals surface area contributed by atoms with Gasteiger partial charge in [-0.1, -0.05) is 66.2 Å². The van der Waals surface area contributed by atoms with Crippen LogP contribution in [-0.2, 0) is 6.54 Å². The predicted molar refractivity (Wildman–Crippen MR) is 111 cm³/mol. The van der Waals surface area contributed by atoms with E-state index in [0.29, 0.717) is 13.1 Å². The zero-order valence-electron chi connectivity index (χ0n) is 15.7. The van der Waals surface area contributed by atoms with Crippen LogP contribution in [0.5, 0.6) is 0 Å². The van der Waals surface area contributed by atoms with Gasteiger partial charge in [-0.05, 0) is 24.6 Å². The molecule has 5 heteroatoms. The Kier molecular flexibility index (Phi) is 8.61. The summed E-state index contributed by atoms with van der Waals surface area (Å²) in [5.74, 6) is 5.84. The van der Waals surface area contributed by atoms with Gasteiger partial charge in [-0.25, -0.2) is 5.01 Å². The van der Waals surface area contributed by atoms with Crippen molar-refractivity contribution in [3.63, 3.8) is 0 Å². The van der Waals surface area contributed by atoms with Gasteiger partial charge in [0, 0.05) is 31.4 Å². The van der Waals surface area contributed by atoms with Gasteiger partial charge in [0.05, 0.1) is 11.8 Å². The molecule has 1 atom stereocenters. The van der Waals surface area contributed by atoms with Crippen LogP contribution in [0.1, 0.15) is 11.1 Å². The van der Waals surface area contributed by atoms with Gasteiger partial charge in [0.1, 0.15) is 0 Å². The molecule has 0 saturated carbocycles. The van der Waals surface area contributed by atoms with Crippen molar-refractivity contribution in [3.8, 4) is 11.3 Å². The van der Waals surface area contributed by atoms with E-state index in [1.54, 1.807) is 11.2 Å². The van der Waals surface area contributed by atoms with E-state index >= 15 is 0 Å². The third-order valence-electron chi connectivity index (χ3n) is 3.96. The maximum atomic E-state index is 9.44. The molecule has 0 amide bonds. The minimum absolute atomic E-state index is 0.215. The first-order chi connectivity index (χ1) is 13.1. The first kappa shape index (κ1) is 20.7. The van der Waals surface area contributed by atoms with Gasteiger partial charge in [0.25, 0.3) is 0 Å². The highest BCUT2D eigenvalue weighted by atomic mass is 16.3. The molecule has 142 valence electrons. The summed E-state index contributed by atoms with van der Waals surface area (Å²) in [4.78, 5) is 4.31. The van der Waals surface area contributed by atoms with Crippen molar-refractivity contribution in [2.24, 2.45) is 11.6 Å². The van der Waals surface area contributed by atoms with Gasteiger partial charge >= 0.3 is 0 Å². The molecule has 3 aromatic rings. The Balaban J connectivity index is 0.000000313. The summed E-state index contributed by atoms with van der Waals surface area (Å²) in [6.07, 6.45) is 1.19. The predicted octanol–water partition coefficient (Wildman–Crippen LogP) is 2.74. The number of hydrazine groups is 1. The highest BCUT2D eigenvalue weighted by Gasteiger charge is 2.07. The fourth-order valence-corrected chi connectivity index (χ4v) is 2.49. The summed E-state index contributed by atoms with van der Waals surface area (Å²) >= 11 is 0. The number of aliphatic hydroxyl groups excluding tert-OH is 1.